The highest BCUT2D eigenvalue weighted by atomic mass is 32.2. The number of carbonyl (C=O) groups excluding carboxylic acids is 2. The molecule has 8 nitrogen and oxygen atoms in total. The Morgan fingerprint density at radius 2 is 1.71 bits per heavy atom. The summed E-state index contributed by atoms with van der Waals surface area (Å²) in [5, 5.41) is 2.81. The first-order valence-corrected chi connectivity index (χ1v) is 16.0. The summed E-state index contributed by atoms with van der Waals surface area (Å²) >= 11 is 0. The van der Waals surface area contributed by atoms with Crippen LogP contribution in [0.25, 0.3) is 6.08 Å². The first kappa shape index (κ1) is 29.5. The van der Waals surface area contributed by atoms with Gasteiger partial charge in [-0.25, -0.2) is 13.1 Å². The molecule has 42 heavy (non-hydrogen) atoms. The Balaban J connectivity index is 1.41. The van der Waals surface area contributed by atoms with Crippen molar-refractivity contribution in [2.45, 2.75) is 50.0 Å². The van der Waals surface area contributed by atoms with Crippen LogP contribution in [0, 0.1) is 5.92 Å². The van der Waals surface area contributed by atoms with Crippen LogP contribution in [0.2, 0.25) is 0 Å². The van der Waals surface area contributed by atoms with Gasteiger partial charge in [0.25, 0.3) is 0 Å². The van der Waals surface area contributed by atoms with Gasteiger partial charge in [0, 0.05) is 30.9 Å². The summed E-state index contributed by atoms with van der Waals surface area (Å²) in [5.74, 6) is -0.767. The number of esters is 1. The van der Waals surface area contributed by atoms with Crippen LogP contribution in [0.3, 0.4) is 0 Å². The van der Waals surface area contributed by atoms with Gasteiger partial charge in [-0.3, -0.25) is 9.59 Å². The normalized spacial score (nSPS) is 17.5. The van der Waals surface area contributed by atoms with Gasteiger partial charge in [0.15, 0.2) is 0 Å². The van der Waals surface area contributed by atoms with Gasteiger partial charge in [-0.2, -0.15) is 0 Å². The standard InChI is InChI=1S/C33H37N3O5S/c1-2-41-33(38)26-19-21-36(22-20-26)30-17-16-27(34-32(37)18-15-24-9-4-3-5-10-24)23-31(30)42(39,40)35-29-14-8-12-25-11-6-7-13-28(25)29/h3-7,9-11,13,15-18,23,26,29,35H,2,8,12,14,19-22H2,1H3,(H,34,37)/b18-15+/t29-/m1/s1. The number of aryl methyl sites for hydroxylation is 1. The van der Waals surface area contributed by atoms with Gasteiger partial charge in [0.05, 0.1) is 18.2 Å². The highest BCUT2D eigenvalue weighted by molar-refractivity contribution is 7.89. The van der Waals surface area contributed by atoms with E-state index in [0.717, 1.165) is 29.5 Å². The zero-order chi connectivity index (χ0) is 29.5. The third kappa shape index (κ3) is 7.09. The SMILES string of the molecule is CCOC(=O)C1CCN(c2ccc(NC(=O)/C=C/c3ccccc3)cc2S(=O)(=O)N[C@@H]2CCCc3ccccc32)CC1. The van der Waals surface area contributed by atoms with E-state index >= 15 is 0 Å². The molecule has 1 amide bonds. The number of ether oxygens (including phenoxy) is 1. The molecule has 0 unspecified atom stereocenters. The summed E-state index contributed by atoms with van der Waals surface area (Å²) in [7, 11) is -3.99. The topological polar surface area (TPSA) is 105 Å². The Labute approximate surface area is 247 Å². The lowest BCUT2D eigenvalue weighted by atomic mass is 9.88. The van der Waals surface area contributed by atoms with Crippen molar-refractivity contribution >= 4 is 39.4 Å². The molecule has 1 fully saturated rings. The molecule has 1 atom stereocenters. The molecule has 2 N–H and O–H groups in total. The van der Waals surface area contributed by atoms with E-state index in [1.807, 2.05) is 59.5 Å². The Morgan fingerprint density at radius 1 is 0.976 bits per heavy atom. The maximum Gasteiger partial charge on any atom is 0.309 e. The molecule has 1 aliphatic heterocycles. The number of carbonyl (C=O) groups is 2. The number of hydrogen-bond donors (Lipinski definition) is 2. The molecule has 0 saturated carbocycles. The summed E-state index contributed by atoms with van der Waals surface area (Å²) in [6.45, 7) is 3.17. The molecule has 9 heteroatoms. The van der Waals surface area contributed by atoms with Crippen LogP contribution in [-0.2, 0) is 30.8 Å². The first-order chi connectivity index (χ1) is 20.3. The Kier molecular flexibility index (Phi) is 9.39. The minimum Gasteiger partial charge on any atom is -0.466 e. The van der Waals surface area contributed by atoms with Crippen molar-refractivity contribution in [3.05, 3.63) is 95.6 Å². The number of nitrogens with one attached hydrogen (secondary N) is 2. The van der Waals surface area contributed by atoms with Crippen molar-refractivity contribution in [2.75, 3.05) is 29.9 Å². The van der Waals surface area contributed by atoms with Gasteiger partial charge < -0.3 is 15.0 Å². The minimum atomic E-state index is -3.99. The second kappa shape index (κ2) is 13.4. The van der Waals surface area contributed by atoms with Crippen LogP contribution >= 0.6 is 0 Å². The van der Waals surface area contributed by atoms with E-state index in [1.54, 1.807) is 25.1 Å². The van der Waals surface area contributed by atoms with Gasteiger partial charge in [0.1, 0.15) is 4.90 Å². The number of anilines is 2. The lowest BCUT2D eigenvalue weighted by Gasteiger charge is -2.34. The van der Waals surface area contributed by atoms with E-state index in [9.17, 15) is 18.0 Å². The zero-order valence-electron chi connectivity index (χ0n) is 23.8. The molecule has 3 aromatic carbocycles. The Bertz CT molecular complexity index is 1550. The fourth-order valence-electron chi connectivity index (χ4n) is 5.73. The molecular formula is C33H37N3O5S. The average Bonchev–Trinajstić information content (AvgIpc) is 3.01. The Morgan fingerprint density at radius 3 is 2.48 bits per heavy atom. The van der Waals surface area contributed by atoms with E-state index in [-0.39, 0.29) is 28.7 Å². The van der Waals surface area contributed by atoms with E-state index in [4.69, 9.17) is 4.74 Å². The maximum absolute atomic E-state index is 14.0. The third-order valence-electron chi connectivity index (χ3n) is 7.87. The summed E-state index contributed by atoms with van der Waals surface area (Å²) < 4.78 is 36.3. The van der Waals surface area contributed by atoms with Crippen LogP contribution in [-0.4, -0.2) is 40.0 Å². The molecule has 1 heterocycles. The molecule has 2 aliphatic rings. The highest BCUT2D eigenvalue weighted by Crippen LogP contribution is 2.35. The number of nitrogens with zero attached hydrogens (tertiary/aromatic N) is 1. The molecule has 0 spiro atoms. The van der Waals surface area contributed by atoms with Crippen LogP contribution in [0.1, 0.15) is 55.3 Å². The maximum atomic E-state index is 14.0. The lowest BCUT2D eigenvalue weighted by molar-refractivity contribution is -0.148. The Hall–Kier alpha value is -3.95. The van der Waals surface area contributed by atoms with Crippen LogP contribution in [0.5, 0.6) is 0 Å². The molecule has 220 valence electrons. The first-order valence-electron chi connectivity index (χ1n) is 14.5. The fourth-order valence-corrected chi connectivity index (χ4v) is 7.23. The molecule has 1 aliphatic carbocycles. The van der Waals surface area contributed by atoms with E-state index < -0.39 is 10.0 Å². The summed E-state index contributed by atoms with van der Waals surface area (Å²) in [6.07, 6.45) is 6.80. The highest BCUT2D eigenvalue weighted by Gasteiger charge is 2.32. The van der Waals surface area contributed by atoms with Crippen LogP contribution < -0.4 is 14.9 Å². The summed E-state index contributed by atoms with van der Waals surface area (Å²) in [6, 6.07) is 22.1. The van der Waals surface area contributed by atoms with Gasteiger partial charge in [-0.1, -0.05) is 54.6 Å². The number of amides is 1. The van der Waals surface area contributed by atoms with E-state index in [2.05, 4.69) is 10.0 Å². The largest absolute Gasteiger partial charge is 0.466 e. The second-order valence-electron chi connectivity index (χ2n) is 10.7. The monoisotopic (exact) mass is 587 g/mol. The quantitative estimate of drug-likeness (QED) is 0.254. The number of fused-ring (bicyclic) bond motifs is 1. The molecule has 0 aromatic heterocycles. The van der Waals surface area contributed by atoms with Crippen molar-refractivity contribution in [1.29, 1.82) is 0 Å². The number of benzene rings is 3. The zero-order valence-corrected chi connectivity index (χ0v) is 24.6. The van der Waals surface area contributed by atoms with Crippen LogP contribution in [0.4, 0.5) is 11.4 Å². The number of hydrogen-bond acceptors (Lipinski definition) is 6. The molecule has 0 bridgehead atoms. The van der Waals surface area contributed by atoms with Crippen LogP contribution in [0.15, 0.2) is 83.8 Å². The molecular weight excluding hydrogens is 550 g/mol. The molecule has 5 rings (SSSR count). The lowest BCUT2D eigenvalue weighted by Crippen LogP contribution is -2.38. The van der Waals surface area contributed by atoms with Gasteiger partial charge in [0.2, 0.25) is 15.9 Å². The number of rotatable bonds is 9. The average molecular weight is 588 g/mol. The number of piperidine rings is 1. The predicted molar refractivity (Wildman–Crippen MR) is 165 cm³/mol. The minimum absolute atomic E-state index is 0.102. The summed E-state index contributed by atoms with van der Waals surface area (Å²) in [5.41, 5.74) is 3.97. The number of sulfonamides is 1. The van der Waals surface area contributed by atoms with Crippen molar-refractivity contribution in [1.82, 2.24) is 4.72 Å². The molecule has 1 saturated heterocycles. The molecule has 3 aromatic rings. The second-order valence-corrected chi connectivity index (χ2v) is 12.4. The fraction of sp³-hybridized carbons (Fsp3) is 0.333. The van der Waals surface area contributed by atoms with Gasteiger partial charge in [-0.15, -0.1) is 0 Å². The van der Waals surface area contributed by atoms with Crippen molar-refractivity contribution in [3.8, 4) is 0 Å². The van der Waals surface area contributed by atoms with E-state index in [1.165, 1.54) is 12.1 Å². The predicted octanol–water partition coefficient (Wildman–Crippen LogP) is 5.47. The van der Waals surface area contributed by atoms with Gasteiger partial charge in [-0.05, 0) is 80.0 Å². The third-order valence-corrected chi connectivity index (χ3v) is 9.37. The molecule has 0 radical (unpaired) electrons. The smallest absolute Gasteiger partial charge is 0.309 e. The van der Waals surface area contributed by atoms with Crippen molar-refractivity contribution < 1.29 is 22.7 Å². The van der Waals surface area contributed by atoms with Gasteiger partial charge >= 0.3 is 5.97 Å². The van der Waals surface area contributed by atoms with Crippen molar-refractivity contribution in [2.24, 2.45) is 5.92 Å². The summed E-state index contributed by atoms with van der Waals surface area (Å²) in [4.78, 5) is 27.1. The van der Waals surface area contributed by atoms with E-state index in [0.29, 0.717) is 50.3 Å². The van der Waals surface area contributed by atoms with Crippen molar-refractivity contribution in [3.63, 3.8) is 0 Å².